The zero-order chi connectivity index (χ0) is 81.9. The van der Waals surface area contributed by atoms with Gasteiger partial charge >= 0.3 is 0 Å². The van der Waals surface area contributed by atoms with Gasteiger partial charge < -0.3 is 18.9 Å². The van der Waals surface area contributed by atoms with E-state index in [9.17, 15) is 16.4 Å². The summed E-state index contributed by atoms with van der Waals surface area (Å²) in [5.41, 5.74) is 15.5. The third-order valence-corrected chi connectivity index (χ3v) is 19.9. The number of aromatic nitrogens is 3. The fraction of sp³-hybridized carbons (Fsp3) is 0.172. The average molecular weight is 1300 g/mol. The second-order valence-electron chi connectivity index (χ2n) is 30.4. The molecule has 3 aromatic heterocycles. The van der Waals surface area contributed by atoms with Gasteiger partial charge in [0.1, 0.15) is 0 Å². The third-order valence-electron chi connectivity index (χ3n) is 19.9. The van der Waals surface area contributed by atoms with Gasteiger partial charge in [0.25, 0.3) is 6.71 Å². The molecule has 5 nitrogen and oxygen atoms in total. The first kappa shape index (κ1) is 46.3. The Kier molecular flexibility index (Phi) is 10.7. The predicted octanol–water partition coefficient (Wildman–Crippen LogP) is 23.2. The number of anilines is 6. The van der Waals surface area contributed by atoms with Crippen LogP contribution in [0.1, 0.15) is 127 Å². The Morgan fingerprint density at radius 2 is 0.667 bits per heavy atom. The summed E-state index contributed by atoms with van der Waals surface area (Å²) in [6, 6.07) is 54.2. The van der Waals surface area contributed by atoms with Gasteiger partial charge in [0.15, 0.2) is 0 Å². The van der Waals surface area contributed by atoms with Gasteiger partial charge in [-0.1, -0.05) is 265 Å². The molecule has 0 atom stereocenters. The molecule has 0 saturated carbocycles. The fourth-order valence-corrected chi connectivity index (χ4v) is 14.8. The van der Waals surface area contributed by atoms with Crippen LogP contribution in [0.4, 0.5) is 34.1 Å². The molecule has 0 saturated heterocycles. The van der Waals surface area contributed by atoms with E-state index in [0.717, 1.165) is 100 Å². The van der Waals surface area contributed by atoms with Gasteiger partial charge in [-0.05, 0) is 163 Å². The van der Waals surface area contributed by atoms with Crippen molar-refractivity contribution in [1.29, 1.82) is 0 Å². The average Bonchev–Trinajstić information content (AvgIpc) is 1.65. The summed E-state index contributed by atoms with van der Waals surface area (Å²) < 4.78 is 155. The van der Waals surface area contributed by atoms with E-state index in [-0.39, 0.29) is 43.6 Å². The maximum Gasteiger partial charge on any atom is 0.252 e. The fourth-order valence-electron chi connectivity index (χ4n) is 14.8. The van der Waals surface area contributed by atoms with Gasteiger partial charge in [-0.2, -0.15) is 0 Å². The van der Waals surface area contributed by atoms with Crippen LogP contribution in [0.15, 0.2) is 279 Å². The highest BCUT2D eigenvalue weighted by Crippen LogP contribution is 2.56. The topological polar surface area (TPSA) is 29.2 Å². The maximum atomic E-state index is 9.88. The molecular formula is C93H82BN5. The lowest BCUT2D eigenvalue weighted by Crippen LogP contribution is -2.61. The first-order valence-electron chi connectivity index (χ1n) is 41.9. The van der Waals surface area contributed by atoms with Crippen LogP contribution in [-0.4, -0.2) is 20.8 Å². The summed E-state index contributed by atoms with van der Waals surface area (Å²) >= 11 is 0. The van der Waals surface area contributed by atoms with Crippen molar-refractivity contribution in [2.75, 3.05) is 9.80 Å². The molecule has 482 valence electrons. The lowest BCUT2D eigenvalue weighted by Gasteiger charge is -2.47. The van der Waals surface area contributed by atoms with E-state index in [1.807, 2.05) is 91.0 Å². The zero-order valence-corrected chi connectivity index (χ0v) is 57.6. The molecule has 0 unspecified atom stereocenters. The molecule has 0 aliphatic carbocycles. The van der Waals surface area contributed by atoms with E-state index in [0.29, 0.717) is 28.4 Å². The number of hydrogen-bond acceptors (Lipinski definition) is 3. The highest BCUT2D eigenvalue weighted by molar-refractivity contribution is 7.00. The molecule has 12 aromatic carbocycles. The molecule has 5 heterocycles. The van der Waals surface area contributed by atoms with Crippen molar-refractivity contribution in [3.8, 4) is 56.0 Å². The van der Waals surface area contributed by atoms with Gasteiger partial charge in [0.05, 0.1) is 61.1 Å². The van der Waals surface area contributed by atoms with Gasteiger partial charge in [0, 0.05) is 89.0 Å². The quantitative estimate of drug-likeness (QED) is 0.142. The van der Waals surface area contributed by atoms with Gasteiger partial charge in [0.2, 0.25) is 0 Å². The minimum atomic E-state index is -0.769. The van der Waals surface area contributed by atoms with E-state index < -0.39 is 125 Å². The number of benzene rings is 12. The number of para-hydroxylation sites is 4. The lowest BCUT2D eigenvalue weighted by molar-refractivity contribution is 0.569. The Morgan fingerprint density at radius 3 is 1.03 bits per heavy atom. The second kappa shape index (κ2) is 22.8. The van der Waals surface area contributed by atoms with Crippen molar-refractivity contribution in [2.24, 2.45) is 0 Å². The molecule has 2 aliphatic heterocycles. The second-order valence-corrected chi connectivity index (χ2v) is 30.4. The number of nitrogens with zero attached hydrogens (tertiary/aromatic N) is 5. The van der Waals surface area contributed by atoms with Crippen LogP contribution in [0.5, 0.6) is 0 Å². The summed E-state index contributed by atoms with van der Waals surface area (Å²) in [5, 5.41) is -0.287. The molecule has 2 aliphatic rings. The maximum absolute atomic E-state index is 9.88. The SMILES string of the molecule is [2H]c1c([2H])c([2H])c2c(c1[2H])c1c([2H])c([2H])c([2H])c([2H])c1n2-c1ccc2c(c1)N(c1c(-c3ccccc3)cc(C(C)(C)C)cc1-c1ccccc1)c1cc(C(C)(C)C)cc3c1B2c1ccc(-n2c4c([2H])c([2H])c([2H])c([2H])c4c4c([2H])c([2H])c([2H])c([2H])c42)cc1N3c1c(-c2ccccc2)cc(C(C)(C)C)cc1-c1cccc(C(C)(C)C)n1. The van der Waals surface area contributed by atoms with E-state index in [2.05, 4.69) is 184 Å². The van der Waals surface area contributed by atoms with E-state index >= 15 is 0 Å². The van der Waals surface area contributed by atoms with E-state index in [1.54, 1.807) is 9.13 Å². The summed E-state index contributed by atoms with van der Waals surface area (Å²) in [4.78, 5) is 10.3. The van der Waals surface area contributed by atoms with Crippen molar-refractivity contribution in [1.82, 2.24) is 14.1 Å². The minimum absolute atomic E-state index is 0.0477. The van der Waals surface area contributed by atoms with Gasteiger partial charge in [-0.25, -0.2) is 0 Å². The molecule has 0 amide bonds. The molecule has 6 heteroatoms. The molecule has 0 bridgehead atoms. The Bertz CT molecular complexity index is 6510. The van der Waals surface area contributed by atoms with Crippen LogP contribution < -0.4 is 26.2 Å². The molecule has 0 radical (unpaired) electrons. The van der Waals surface area contributed by atoms with Crippen LogP contribution in [0.2, 0.25) is 0 Å². The molecule has 0 spiro atoms. The Hall–Kier alpha value is -10.9. The standard InChI is InChI=1S/C93H82BN5/c1-90(2,3)62-51-71(59-31-16-13-17-32-59)88(72(52-62)60-33-18-14-19-34-60)98-82-57-65(96-78-42-26-22-37-67(78)68-38-23-27-43-79(68)96)47-49-75(82)94-76-50-48-66(97-80-44-28-24-39-69(80)70-40-25-29-45-81(70)97)58-83(76)99(85-56-64(92(7,8)9)55-84(98)87(85)94)89-73(61-35-20-15-21-36-61)53-63(91(4,5)6)54-74(89)77-41-30-46-86(95-77)93(10,11)12/h13-58H,1-12H3/i22D,23D,24D,25D,26D,27D,28D,29D,37D,38D,39D,40D,42D,43D,44D,45D. The Balaban J connectivity index is 1.12. The highest BCUT2D eigenvalue weighted by Gasteiger charge is 2.47. The Labute approximate surface area is 605 Å². The Morgan fingerprint density at radius 1 is 0.323 bits per heavy atom. The van der Waals surface area contributed by atoms with Gasteiger partial charge in [-0.15, -0.1) is 0 Å². The molecule has 99 heavy (non-hydrogen) atoms. The zero-order valence-electron chi connectivity index (χ0n) is 73.6. The lowest BCUT2D eigenvalue weighted by atomic mass is 9.33. The number of fused-ring (bicyclic) bond motifs is 10. The monoisotopic (exact) mass is 1300 g/mol. The van der Waals surface area contributed by atoms with Crippen molar-refractivity contribution >= 4 is 101 Å². The molecule has 17 rings (SSSR count). The van der Waals surface area contributed by atoms with Crippen molar-refractivity contribution in [2.45, 2.75) is 105 Å². The minimum Gasteiger partial charge on any atom is -0.310 e. The van der Waals surface area contributed by atoms with Crippen molar-refractivity contribution in [3.05, 3.63) is 301 Å². The summed E-state index contributed by atoms with van der Waals surface area (Å²) in [6.07, 6.45) is 0. The molecule has 0 N–H and O–H groups in total. The van der Waals surface area contributed by atoms with Crippen molar-refractivity contribution in [3.63, 3.8) is 0 Å². The molecular weight excluding hydrogens is 1200 g/mol. The summed E-state index contributed by atoms with van der Waals surface area (Å²) in [7, 11) is 0. The van der Waals surface area contributed by atoms with E-state index in [1.165, 1.54) is 0 Å². The first-order valence-corrected chi connectivity index (χ1v) is 33.9. The number of rotatable bonds is 8. The highest BCUT2D eigenvalue weighted by atomic mass is 15.2. The van der Waals surface area contributed by atoms with E-state index in [4.69, 9.17) is 10.5 Å². The smallest absolute Gasteiger partial charge is 0.252 e. The predicted molar refractivity (Wildman–Crippen MR) is 423 cm³/mol. The largest absolute Gasteiger partial charge is 0.310 e. The van der Waals surface area contributed by atoms with Crippen molar-refractivity contribution < 1.29 is 21.9 Å². The summed E-state index contributed by atoms with van der Waals surface area (Å²) in [6.45, 7) is 25.4. The molecule has 0 fully saturated rings. The van der Waals surface area contributed by atoms with Crippen LogP contribution in [-0.2, 0) is 21.7 Å². The van der Waals surface area contributed by atoms with Gasteiger partial charge in [-0.3, -0.25) is 4.98 Å². The van der Waals surface area contributed by atoms with Crippen LogP contribution >= 0.6 is 0 Å². The van der Waals surface area contributed by atoms with Crippen LogP contribution in [0.3, 0.4) is 0 Å². The van der Waals surface area contributed by atoms with Crippen LogP contribution in [0.25, 0.3) is 99.6 Å². The summed E-state index contributed by atoms with van der Waals surface area (Å²) in [5.74, 6) is 0. The third kappa shape index (κ3) is 10.2. The number of hydrogen-bond donors (Lipinski definition) is 0. The number of pyridine rings is 1. The van der Waals surface area contributed by atoms with Crippen LogP contribution in [0, 0.1) is 0 Å². The molecule has 15 aromatic rings. The normalized spacial score (nSPS) is 15.5. The first-order chi connectivity index (χ1) is 54.3.